The van der Waals surface area contributed by atoms with Crippen LogP contribution in [0.4, 0.5) is 32.0 Å². The number of halogens is 6. The van der Waals surface area contributed by atoms with Crippen LogP contribution in [0.1, 0.15) is 22.8 Å². The molecule has 6 nitrogen and oxygen atoms in total. The molecule has 0 bridgehead atoms. The predicted molar refractivity (Wildman–Crippen MR) is 90.8 cm³/mol. The molecule has 3 aromatic rings. The first kappa shape index (κ1) is 21.6. The van der Waals surface area contributed by atoms with E-state index in [0.29, 0.717) is 11.6 Å². The number of sulfonamides is 1. The van der Waals surface area contributed by atoms with Gasteiger partial charge in [-0.05, 0) is 29.8 Å². The lowest BCUT2D eigenvalue weighted by Gasteiger charge is -2.14. The average molecular weight is 451 g/mol. The van der Waals surface area contributed by atoms with Crippen LogP contribution in [-0.2, 0) is 28.8 Å². The first-order valence-electron chi connectivity index (χ1n) is 8.04. The third kappa shape index (κ3) is 4.90. The number of nitrogens with one attached hydrogen (secondary N) is 1. The van der Waals surface area contributed by atoms with Gasteiger partial charge < -0.3 is 4.52 Å². The van der Waals surface area contributed by atoms with Crippen LogP contribution in [0.5, 0.6) is 0 Å². The second kappa shape index (κ2) is 7.63. The largest absolute Gasteiger partial charge is 0.471 e. The summed E-state index contributed by atoms with van der Waals surface area (Å²) in [6.07, 6.45) is -9.78. The summed E-state index contributed by atoms with van der Waals surface area (Å²) in [6.45, 7) is 0. The Balaban J connectivity index is 1.77. The Morgan fingerprint density at radius 2 is 1.53 bits per heavy atom. The third-order valence-electron chi connectivity index (χ3n) is 3.76. The summed E-state index contributed by atoms with van der Waals surface area (Å²) in [5, 5.41) is 3.21. The molecule has 0 aliphatic heterocycles. The van der Waals surface area contributed by atoms with Crippen LogP contribution >= 0.6 is 0 Å². The molecule has 0 saturated carbocycles. The van der Waals surface area contributed by atoms with Crippen LogP contribution in [0.2, 0.25) is 0 Å². The first-order valence-corrected chi connectivity index (χ1v) is 9.52. The molecule has 0 fully saturated rings. The van der Waals surface area contributed by atoms with E-state index in [0.717, 1.165) is 18.2 Å². The minimum atomic E-state index is -4.87. The van der Waals surface area contributed by atoms with E-state index in [2.05, 4.69) is 14.7 Å². The molecule has 0 saturated heterocycles. The van der Waals surface area contributed by atoms with Crippen LogP contribution in [0.15, 0.2) is 57.9 Å². The highest BCUT2D eigenvalue weighted by Gasteiger charge is 2.38. The molecule has 160 valence electrons. The van der Waals surface area contributed by atoms with Gasteiger partial charge in [-0.1, -0.05) is 29.4 Å². The Morgan fingerprint density at radius 1 is 0.900 bits per heavy atom. The van der Waals surface area contributed by atoms with E-state index in [1.54, 1.807) is 0 Å². The predicted octanol–water partition coefficient (Wildman–Crippen LogP) is 4.50. The summed E-state index contributed by atoms with van der Waals surface area (Å²) in [5.74, 6) is -1.74. The third-order valence-corrected chi connectivity index (χ3v) is 5.20. The van der Waals surface area contributed by atoms with Gasteiger partial charge in [-0.3, -0.25) is 4.72 Å². The summed E-state index contributed by atoms with van der Waals surface area (Å²) in [5.41, 5.74) is -0.935. The van der Waals surface area contributed by atoms with Crippen molar-refractivity contribution in [1.29, 1.82) is 0 Å². The van der Waals surface area contributed by atoms with Crippen LogP contribution in [-0.4, -0.2) is 18.6 Å². The molecule has 0 aliphatic carbocycles. The van der Waals surface area contributed by atoms with Crippen molar-refractivity contribution in [2.75, 3.05) is 4.72 Å². The lowest BCUT2D eigenvalue weighted by molar-refractivity contribution is -0.159. The van der Waals surface area contributed by atoms with Crippen molar-refractivity contribution in [3.63, 3.8) is 0 Å². The molecule has 1 N–H and O–H groups in total. The molecule has 0 amide bonds. The molecular formula is C17H11F6N3O3S. The normalized spacial score (nSPS) is 12.7. The molecule has 0 unspecified atom stereocenters. The maximum atomic E-state index is 13.1. The van der Waals surface area contributed by atoms with E-state index in [9.17, 15) is 34.8 Å². The number of hydrogen-bond acceptors (Lipinski definition) is 5. The Hall–Kier alpha value is -3.09. The second-order valence-corrected chi connectivity index (χ2v) is 7.64. The Morgan fingerprint density at radius 3 is 2.10 bits per heavy atom. The lowest BCUT2D eigenvalue weighted by atomic mass is 10.1. The lowest BCUT2D eigenvalue weighted by Crippen LogP contribution is -2.18. The number of anilines is 1. The van der Waals surface area contributed by atoms with Crippen molar-refractivity contribution in [3.05, 3.63) is 71.4 Å². The fourth-order valence-corrected chi connectivity index (χ4v) is 3.75. The van der Waals surface area contributed by atoms with Crippen molar-refractivity contribution in [2.45, 2.75) is 23.7 Å². The average Bonchev–Trinajstić information content (AvgIpc) is 3.11. The van der Waals surface area contributed by atoms with Crippen LogP contribution < -0.4 is 4.72 Å². The van der Waals surface area contributed by atoms with Crippen molar-refractivity contribution < 1.29 is 39.3 Å². The Kier molecular flexibility index (Phi) is 5.50. The SMILES string of the molecule is O=S(=O)(Nc1ccc(Cc2noc(C(F)(F)F)n2)cc1)c1ccccc1C(F)(F)F. The van der Waals surface area contributed by atoms with E-state index in [4.69, 9.17) is 0 Å². The van der Waals surface area contributed by atoms with E-state index in [1.165, 1.54) is 24.3 Å². The number of benzene rings is 2. The number of hydrogen-bond donors (Lipinski definition) is 1. The quantitative estimate of drug-likeness (QED) is 0.578. The zero-order valence-electron chi connectivity index (χ0n) is 14.6. The monoisotopic (exact) mass is 451 g/mol. The van der Waals surface area contributed by atoms with Crippen molar-refractivity contribution in [2.24, 2.45) is 0 Å². The molecule has 30 heavy (non-hydrogen) atoms. The van der Waals surface area contributed by atoms with Gasteiger partial charge in [0.2, 0.25) is 0 Å². The maximum absolute atomic E-state index is 13.1. The molecule has 2 aromatic carbocycles. The smallest absolute Gasteiger partial charge is 0.329 e. The highest BCUT2D eigenvalue weighted by molar-refractivity contribution is 7.92. The summed E-state index contributed by atoms with van der Waals surface area (Å²) in [7, 11) is -4.55. The number of aromatic nitrogens is 2. The highest BCUT2D eigenvalue weighted by Crippen LogP contribution is 2.34. The van der Waals surface area contributed by atoms with Gasteiger partial charge in [0.15, 0.2) is 5.82 Å². The molecule has 1 heterocycles. The molecule has 0 spiro atoms. The minimum absolute atomic E-state index is 0.0418. The van der Waals surface area contributed by atoms with Crippen LogP contribution in [0.25, 0.3) is 0 Å². The standard InChI is InChI=1S/C17H11F6N3O3S/c18-16(19,20)12-3-1-2-4-13(12)30(27,28)26-11-7-5-10(6-8-11)9-14-24-15(29-25-14)17(21,22)23/h1-8,26H,9H2. The molecule has 3 rings (SSSR count). The van der Waals surface area contributed by atoms with Crippen molar-refractivity contribution in [3.8, 4) is 0 Å². The topological polar surface area (TPSA) is 85.1 Å². The summed E-state index contributed by atoms with van der Waals surface area (Å²) in [6, 6.07) is 8.91. The van der Waals surface area contributed by atoms with Gasteiger partial charge in [-0.25, -0.2) is 8.42 Å². The molecule has 13 heteroatoms. The number of rotatable bonds is 5. The summed E-state index contributed by atoms with van der Waals surface area (Å²) < 4.78 is 108. The van der Waals surface area contributed by atoms with Gasteiger partial charge in [0, 0.05) is 12.1 Å². The van der Waals surface area contributed by atoms with Gasteiger partial charge in [-0.2, -0.15) is 31.3 Å². The van der Waals surface area contributed by atoms with Crippen LogP contribution in [0, 0.1) is 0 Å². The van der Waals surface area contributed by atoms with E-state index < -0.39 is 38.7 Å². The fourth-order valence-electron chi connectivity index (χ4n) is 2.46. The van der Waals surface area contributed by atoms with Crippen molar-refractivity contribution >= 4 is 15.7 Å². The number of alkyl halides is 6. The Labute approximate surface area is 165 Å². The molecular weight excluding hydrogens is 440 g/mol. The molecule has 0 radical (unpaired) electrons. The number of nitrogens with zero attached hydrogens (tertiary/aromatic N) is 2. The second-order valence-electron chi connectivity index (χ2n) is 5.99. The van der Waals surface area contributed by atoms with Gasteiger partial charge in [-0.15, -0.1) is 0 Å². The Bertz CT molecular complexity index is 1140. The first-order chi connectivity index (χ1) is 13.9. The van der Waals surface area contributed by atoms with Crippen LogP contribution in [0.3, 0.4) is 0 Å². The van der Waals surface area contributed by atoms with E-state index >= 15 is 0 Å². The summed E-state index contributed by atoms with van der Waals surface area (Å²) >= 11 is 0. The zero-order chi connectivity index (χ0) is 22.2. The van der Waals surface area contributed by atoms with Gasteiger partial charge >= 0.3 is 18.2 Å². The van der Waals surface area contributed by atoms with Crippen molar-refractivity contribution in [1.82, 2.24) is 10.1 Å². The highest BCUT2D eigenvalue weighted by atomic mass is 32.2. The van der Waals surface area contributed by atoms with E-state index in [1.807, 2.05) is 4.72 Å². The zero-order valence-corrected chi connectivity index (χ0v) is 15.4. The van der Waals surface area contributed by atoms with Gasteiger partial charge in [0.25, 0.3) is 10.0 Å². The summed E-state index contributed by atoms with van der Waals surface area (Å²) in [4.78, 5) is 2.27. The maximum Gasteiger partial charge on any atom is 0.471 e. The molecule has 1 aromatic heterocycles. The fraction of sp³-hybridized carbons (Fsp3) is 0.176. The van der Waals surface area contributed by atoms with E-state index in [-0.39, 0.29) is 17.9 Å². The molecule has 0 atom stereocenters. The van der Waals surface area contributed by atoms with Gasteiger partial charge in [0.1, 0.15) is 0 Å². The van der Waals surface area contributed by atoms with Gasteiger partial charge in [0.05, 0.1) is 10.5 Å². The molecule has 0 aliphatic rings. The minimum Gasteiger partial charge on any atom is -0.329 e.